The van der Waals surface area contributed by atoms with Crippen LogP contribution in [0.3, 0.4) is 0 Å². The molecule has 0 saturated carbocycles. The smallest absolute Gasteiger partial charge is 0.148 e. The van der Waals surface area contributed by atoms with Crippen molar-refractivity contribution in [2.75, 3.05) is 20.5 Å². The summed E-state index contributed by atoms with van der Waals surface area (Å²) >= 11 is 0. The van der Waals surface area contributed by atoms with E-state index >= 15 is 0 Å². The molecule has 0 rings (SSSR count). The molecule has 0 amide bonds. The Labute approximate surface area is 85.7 Å². The lowest BCUT2D eigenvalue weighted by Crippen LogP contribution is -2.20. The van der Waals surface area contributed by atoms with Gasteiger partial charge in [-0.1, -0.05) is 25.0 Å². The fourth-order valence-electron chi connectivity index (χ4n) is 1.03. The molecule has 0 unspecified atom stereocenters. The molecule has 0 aliphatic heterocycles. The van der Waals surface area contributed by atoms with Crippen LogP contribution in [0.2, 0.25) is 0 Å². The van der Waals surface area contributed by atoms with E-state index in [-0.39, 0.29) is 25.4 Å². The fourth-order valence-corrected chi connectivity index (χ4v) is 1.03. The van der Waals surface area contributed by atoms with Crippen molar-refractivity contribution < 1.29 is 14.6 Å². The zero-order valence-electron chi connectivity index (χ0n) is 8.77. The molecule has 0 radical (unpaired) electrons. The maximum Gasteiger partial charge on any atom is 0.148 e. The highest BCUT2D eigenvalue weighted by molar-refractivity contribution is 4.99. The third-order valence-corrected chi connectivity index (χ3v) is 1.83. The van der Waals surface area contributed by atoms with Gasteiger partial charge in [-0.05, 0) is 12.3 Å². The molecule has 1 N–H and O–H groups in total. The van der Waals surface area contributed by atoms with E-state index < -0.39 is 0 Å². The molecule has 0 aliphatic rings. The fraction of sp³-hybridized carbons (Fsp3) is 0.636. The lowest BCUT2D eigenvalue weighted by atomic mass is 10.0. The predicted octanol–water partition coefficient (Wildman–Crippen LogP) is 1.18. The molecule has 0 fully saturated rings. The topological polar surface area (TPSA) is 38.7 Å². The van der Waals surface area contributed by atoms with Crippen LogP contribution < -0.4 is 0 Å². The summed E-state index contributed by atoms with van der Waals surface area (Å²) in [4.78, 5) is 0. The lowest BCUT2D eigenvalue weighted by Gasteiger charge is -2.17. The van der Waals surface area contributed by atoms with Crippen molar-refractivity contribution in [2.45, 2.75) is 19.4 Å². The molecule has 2 atom stereocenters. The first kappa shape index (κ1) is 13.2. The van der Waals surface area contributed by atoms with Gasteiger partial charge < -0.3 is 14.6 Å². The summed E-state index contributed by atoms with van der Waals surface area (Å²) in [6, 6.07) is 0. The Morgan fingerprint density at radius 2 is 2.21 bits per heavy atom. The molecule has 0 heterocycles. The van der Waals surface area contributed by atoms with Crippen molar-refractivity contribution in [3.63, 3.8) is 0 Å². The van der Waals surface area contributed by atoms with Crippen LogP contribution >= 0.6 is 0 Å². The molecule has 0 saturated heterocycles. The number of aliphatic hydroxyl groups excluding tert-OH is 1. The van der Waals surface area contributed by atoms with Crippen molar-refractivity contribution in [2.24, 2.45) is 5.92 Å². The monoisotopic (exact) mass is 198 g/mol. The summed E-state index contributed by atoms with van der Waals surface area (Å²) < 4.78 is 10.1. The van der Waals surface area contributed by atoms with Crippen molar-refractivity contribution in [1.82, 2.24) is 0 Å². The molecule has 3 nitrogen and oxygen atoms in total. The Kier molecular flexibility index (Phi) is 8.25. The first-order valence-corrected chi connectivity index (χ1v) is 4.58. The van der Waals surface area contributed by atoms with Crippen LogP contribution in [0, 0.1) is 18.3 Å². The van der Waals surface area contributed by atoms with E-state index in [1.807, 2.05) is 13.0 Å². The molecule has 0 aliphatic carbocycles. The van der Waals surface area contributed by atoms with Gasteiger partial charge in [0.2, 0.25) is 0 Å². The highest BCUT2D eigenvalue weighted by atomic mass is 16.7. The van der Waals surface area contributed by atoms with Crippen LogP contribution in [0.4, 0.5) is 0 Å². The Morgan fingerprint density at radius 3 is 2.71 bits per heavy atom. The quantitative estimate of drug-likeness (QED) is 0.379. The van der Waals surface area contributed by atoms with Crippen LogP contribution in [0.5, 0.6) is 0 Å². The third kappa shape index (κ3) is 5.76. The first-order valence-electron chi connectivity index (χ1n) is 4.58. The Hall–Kier alpha value is -0.820. The van der Waals surface area contributed by atoms with Gasteiger partial charge >= 0.3 is 0 Å². The normalized spacial score (nSPS) is 15.3. The first-order chi connectivity index (χ1) is 6.76. The molecule has 0 aromatic carbocycles. The highest BCUT2D eigenvalue weighted by Gasteiger charge is 2.13. The predicted molar refractivity (Wildman–Crippen MR) is 55.6 cm³/mol. The number of rotatable bonds is 7. The molecule has 14 heavy (non-hydrogen) atoms. The second-order valence-corrected chi connectivity index (χ2v) is 3.03. The minimum atomic E-state index is -0.238. The van der Waals surface area contributed by atoms with Gasteiger partial charge in [0.15, 0.2) is 0 Å². The van der Waals surface area contributed by atoms with E-state index in [9.17, 15) is 0 Å². The standard InChI is InChI=1S/C11H18O3/c1-4-11(14-9-13-3)10(2)7-5-6-8-12/h1,5-6,10-12H,7-9H2,2-3H3/b6-5+/t10-,11-/m1/s1. The number of aliphatic hydroxyl groups is 1. The molecule has 0 spiro atoms. The lowest BCUT2D eigenvalue weighted by molar-refractivity contribution is -0.0668. The van der Waals surface area contributed by atoms with Crippen molar-refractivity contribution in [3.8, 4) is 12.3 Å². The van der Waals surface area contributed by atoms with E-state index in [0.29, 0.717) is 0 Å². The minimum Gasteiger partial charge on any atom is -0.392 e. The summed E-state index contributed by atoms with van der Waals surface area (Å²) in [5.41, 5.74) is 0. The van der Waals surface area contributed by atoms with Gasteiger partial charge in [0, 0.05) is 7.11 Å². The number of hydrogen-bond acceptors (Lipinski definition) is 3. The number of methoxy groups -OCH3 is 1. The average Bonchev–Trinajstić information content (AvgIpc) is 2.19. The molecule has 0 aromatic heterocycles. The number of hydrogen-bond donors (Lipinski definition) is 1. The van der Waals surface area contributed by atoms with Gasteiger partial charge in [0.05, 0.1) is 6.61 Å². The molecule has 80 valence electrons. The van der Waals surface area contributed by atoms with Gasteiger partial charge in [0.25, 0.3) is 0 Å². The Bertz CT molecular complexity index is 193. The SMILES string of the molecule is C#C[C@@H](OCOC)[C@H](C)C/C=C/CO. The van der Waals surface area contributed by atoms with Gasteiger partial charge in [-0.2, -0.15) is 0 Å². The van der Waals surface area contributed by atoms with E-state index in [4.69, 9.17) is 21.0 Å². The van der Waals surface area contributed by atoms with E-state index in [1.165, 1.54) is 0 Å². The van der Waals surface area contributed by atoms with Crippen molar-refractivity contribution >= 4 is 0 Å². The number of ether oxygens (including phenoxy) is 2. The second-order valence-electron chi connectivity index (χ2n) is 3.03. The molecular weight excluding hydrogens is 180 g/mol. The van der Waals surface area contributed by atoms with E-state index in [1.54, 1.807) is 13.2 Å². The van der Waals surface area contributed by atoms with E-state index in [2.05, 4.69) is 5.92 Å². The maximum atomic E-state index is 8.54. The van der Waals surface area contributed by atoms with Gasteiger partial charge in [0.1, 0.15) is 12.9 Å². The Balaban J connectivity index is 3.86. The van der Waals surface area contributed by atoms with Crippen LogP contribution in [0.25, 0.3) is 0 Å². The number of allylic oxidation sites excluding steroid dienone is 1. The average molecular weight is 198 g/mol. The maximum absolute atomic E-state index is 8.54. The van der Waals surface area contributed by atoms with Crippen molar-refractivity contribution in [3.05, 3.63) is 12.2 Å². The largest absolute Gasteiger partial charge is 0.392 e. The minimum absolute atomic E-state index is 0.0619. The van der Waals surface area contributed by atoms with Crippen LogP contribution in [-0.4, -0.2) is 31.7 Å². The number of terminal acetylenes is 1. The third-order valence-electron chi connectivity index (χ3n) is 1.83. The summed E-state index contributed by atoms with van der Waals surface area (Å²) in [6.45, 7) is 2.27. The van der Waals surface area contributed by atoms with Crippen LogP contribution in [-0.2, 0) is 9.47 Å². The zero-order chi connectivity index (χ0) is 10.8. The second kappa shape index (κ2) is 8.76. The van der Waals surface area contributed by atoms with Gasteiger partial charge in [-0.15, -0.1) is 6.42 Å². The molecular formula is C11H18O3. The summed E-state index contributed by atoms with van der Waals surface area (Å²) in [5, 5.41) is 8.54. The summed E-state index contributed by atoms with van der Waals surface area (Å²) in [5.74, 6) is 2.79. The van der Waals surface area contributed by atoms with Crippen LogP contribution in [0.15, 0.2) is 12.2 Å². The van der Waals surface area contributed by atoms with Crippen LogP contribution in [0.1, 0.15) is 13.3 Å². The zero-order valence-corrected chi connectivity index (χ0v) is 8.77. The molecule has 0 aromatic rings. The van der Waals surface area contributed by atoms with Gasteiger partial charge in [-0.3, -0.25) is 0 Å². The molecule has 0 bridgehead atoms. The highest BCUT2D eigenvalue weighted by Crippen LogP contribution is 2.11. The Morgan fingerprint density at radius 1 is 1.50 bits per heavy atom. The van der Waals surface area contributed by atoms with Gasteiger partial charge in [-0.25, -0.2) is 0 Å². The summed E-state index contributed by atoms with van der Waals surface area (Å²) in [7, 11) is 1.56. The van der Waals surface area contributed by atoms with E-state index in [0.717, 1.165) is 6.42 Å². The molecule has 3 heteroatoms. The summed E-state index contributed by atoms with van der Waals surface area (Å²) in [6.07, 6.45) is 9.46. The van der Waals surface area contributed by atoms with Crippen molar-refractivity contribution in [1.29, 1.82) is 0 Å².